The van der Waals surface area contributed by atoms with Crippen molar-refractivity contribution in [3.63, 3.8) is 0 Å². The van der Waals surface area contributed by atoms with Gasteiger partial charge in [-0.05, 0) is 52.7 Å². The Hall–Kier alpha value is -2.62. The van der Waals surface area contributed by atoms with E-state index in [0.29, 0.717) is 33.1 Å². The van der Waals surface area contributed by atoms with Crippen molar-refractivity contribution in [2.24, 2.45) is 0 Å². The van der Waals surface area contributed by atoms with Crippen LogP contribution < -0.4 is 10.2 Å². The molecule has 29 heavy (non-hydrogen) atoms. The van der Waals surface area contributed by atoms with Crippen LogP contribution in [0.3, 0.4) is 0 Å². The number of halogens is 3. The summed E-state index contributed by atoms with van der Waals surface area (Å²) in [6.45, 7) is 9.92. The number of aryl methyl sites for hydroxylation is 3. The minimum Gasteiger partial charge on any atom is -0.465 e. The lowest BCUT2D eigenvalue weighted by atomic mass is 10.1. The van der Waals surface area contributed by atoms with Gasteiger partial charge in [-0.25, -0.2) is 14.7 Å². The molecule has 2 aromatic rings. The Morgan fingerprint density at radius 2 is 1.62 bits per heavy atom. The molecule has 1 aromatic heterocycles. The van der Waals surface area contributed by atoms with Crippen molar-refractivity contribution >= 4 is 34.2 Å². The van der Waals surface area contributed by atoms with Crippen LogP contribution in [0.2, 0.25) is 0 Å². The lowest BCUT2D eigenvalue weighted by Gasteiger charge is -2.30. The van der Waals surface area contributed by atoms with E-state index in [1.54, 1.807) is 26.0 Å². The summed E-state index contributed by atoms with van der Waals surface area (Å²) in [5.74, 6) is -0.990. The Morgan fingerprint density at radius 3 is 2.03 bits per heavy atom. The minimum absolute atomic E-state index is 0.394. The zero-order valence-electron chi connectivity index (χ0n) is 16.9. The zero-order valence-corrected chi connectivity index (χ0v) is 17.7. The number of amides is 2. The number of hydrogen-bond acceptors (Lipinski definition) is 4. The Labute approximate surface area is 170 Å². The number of anilines is 2. The Bertz CT molecular complexity index is 939. The lowest BCUT2D eigenvalue weighted by molar-refractivity contribution is -0.141. The van der Waals surface area contributed by atoms with E-state index in [-0.39, 0.29) is 0 Å². The third-order valence-corrected chi connectivity index (χ3v) is 5.10. The fourth-order valence-corrected chi connectivity index (χ4v) is 4.12. The van der Waals surface area contributed by atoms with E-state index >= 15 is 0 Å². The van der Waals surface area contributed by atoms with Gasteiger partial charge in [0.15, 0.2) is 10.8 Å². The van der Waals surface area contributed by atoms with Crippen LogP contribution in [-0.2, 0) is 6.18 Å². The van der Waals surface area contributed by atoms with Gasteiger partial charge in [-0.15, -0.1) is 0 Å². The van der Waals surface area contributed by atoms with Crippen molar-refractivity contribution in [3.8, 4) is 0 Å². The molecule has 0 aliphatic carbocycles. The largest absolute Gasteiger partial charge is 0.465 e. The summed E-state index contributed by atoms with van der Waals surface area (Å²) in [6.07, 6.45) is -6.38. The number of hydrogen-bond donors (Lipinski definition) is 2. The van der Waals surface area contributed by atoms with Crippen LogP contribution in [0.25, 0.3) is 0 Å². The van der Waals surface area contributed by atoms with Gasteiger partial charge in [0, 0.05) is 11.2 Å². The lowest BCUT2D eigenvalue weighted by Crippen LogP contribution is -2.45. The number of carbonyl (C=O) groups is 2. The van der Waals surface area contributed by atoms with Crippen molar-refractivity contribution in [2.45, 2.75) is 53.3 Å². The molecule has 0 radical (unpaired) electrons. The van der Waals surface area contributed by atoms with Crippen LogP contribution in [0.1, 0.15) is 52.8 Å². The molecule has 0 saturated carbocycles. The van der Waals surface area contributed by atoms with Gasteiger partial charge in [0.2, 0.25) is 0 Å². The van der Waals surface area contributed by atoms with Crippen LogP contribution >= 0.6 is 11.3 Å². The molecule has 10 heteroatoms. The SMILES string of the molecule is Cc1cc(C)c(NC(=O)c2sc(N(C(=O)O)C(C)(C)C)nc2C(F)(F)F)c(C)c1. The Balaban J connectivity index is 2.56. The van der Waals surface area contributed by atoms with Gasteiger partial charge in [-0.1, -0.05) is 29.0 Å². The summed E-state index contributed by atoms with van der Waals surface area (Å²) in [4.78, 5) is 27.8. The highest BCUT2D eigenvalue weighted by molar-refractivity contribution is 7.18. The third-order valence-electron chi connectivity index (χ3n) is 4.06. The first-order valence-corrected chi connectivity index (χ1v) is 9.45. The molecule has 2 rings (SSSR count). The van der Waals surface area contributed by atoms with Gasteiger partial charge in [0.1, 0.15) is 4.88 Å². The number of carboxylic acid groups (broad SMARTS) is 1. The van der Waals surface area contributed by atoms with Gasteiger partial charge in [-0.3, -0.25) is 4.79 Å². The highest BCUT2D eigenvalue weighted by atomic mass is 32.1. The number of aromatic nitrogens is 1. The van der Waals surface area contributed by atoms with Crippen molar-refractivity contribution < 1.29 is 27.9 Å². The van der Waals surface area contributed by atoms with Gasteiger partial charge in [-0.2, -0.15) is 13.2 Å². The van der Waals surface area contributed by atoms with E-state index in [9.17, 15) is 27.9 Å². The molecule has 158 valence electrons. The maximum Gasteiger partial charge on any atom is 0.435 e. The molecule has 0 atom stereocenters. The summed E-state index contributed by atoms with van der Waals surface area (Å²) < 4.78 is 40.6. The number of carbonyl (C=O) groups excluding carboxylic acids is 1. The number of nitrogens with zero attached hydrogens (tertiary/aromatic N) is 2. The van der Waals surface area contributed by atoms with E-state index in [1.807, 2.05) is 6.92 Å². The Morgan fingerprint density at radius 1 is 1.10 bits per heavy atom. The molecule has 0 aliphatic rings. The molecule has 6 nitrogen and oxygen atoms in total. The molecule has 0 unspecified atom stereocenters. The predicted octanol–water partition coefficient (Wildman–Crippen LogP) is 5.62. The average molecular weight is 429 g/mol. The quantitative estimate of drug-likeness (QED) is 0.663. The summed E-state index contributed by atoms with van der Waals surface area (Å²) in [5, 5.41) is 11.6. The molecular formula is C19H22F3N3O3S. The third kappa shape index (κ3) is 4.87. The highest BCUT2D eigenvalue weighted by Gasteiger charge is 2.42. The van der Waals surface area contributed by atoms with E-state index in [0.717, 1.165) is 5.56 Å². The highest BCUT2D eigenvalue weighted by Crippen LogP contribution is 2.39. The molecule has 0 fully saturated rings. The van der Waals surface area contributed by atoms with Gasteiger partial charge in [0.05, 0.1) is 0 Å². The Kier molecular flexibility index (Phi) is 5.99. The maximum absolute atomic E-state index is 13.5. The molecular weight excluding hydrogens is 407 g/mol. The molecule has 2 N–H and O–H groups in total. The number of benzene rings is 1. The van der Waals surface area contributed by atoms with Crippen molar-refractivity contribution in [2.75, 3.05) is 10.2 Å². The fraction of sp³-hybridized carbons (Fsp3) is 0.421. The summed E-state index contributed by atoms with van der Waals surface area (Å²) in [5.41, 5.74) is 0.315. The van der Waals surface area contributed by atoms with E-state index in [2.05, 4.69) is 10.3 Å². The van der Waals surface area contributed by atoms with Gasteiger partial charge < -0.3 is 10.4 Å². The second kappa shape index (κ2) is 7.66. The van der Waals surface area contributed by atoms with Crippen LogP contribution in [0.15, 0.2) is 12.1 Å². The zero-order chi connectivity index (χ0) is 22.3. The number of rotatable bonds is 3. The standard InChI is InChI=1S/C19H22F3N3O3S/c1-9-7-10(2)12(11(3)8-9)23-15(26)13-14(19(20,21)22)24-16(29-13)25(17(27)28)18(4,5)6/h7-8H,1-6H3,(H,23,26)(H,27,28). The first kappa shape index (κ1) is 22.7. The first-order chi connectivity index (χ1) is 13.1. The number of thiazole rings is 1. The van der Waals surface area contributed by atoms with Gasteiger partial charge in [0.25, 0.3) is 5.91 Å². The number of alkyl halides is 3. The van der Waals surface area contributed by atoms with Crippen LogP contribution in [0.5, 0.6) is 0 Å². The molecule has 0 aliphatic heterocycles. The maximum atomic E-state index is 13.5. The van der Waals surface area contributed by atoms with Crippen LogP contribution in [0.4, 0.5) is 28.8 Å². The molecule has 0 bridgehead atoms. The smallest absolute Gasteiger partial charge is 0.435 e. The summed E-state index contributed by atoms with van der Waals surface area (Å²) >= 11 is 0.394. The first-order valence-electron chi connectivity index (χ1n) is 8.63. The van der Waals surface area contributed by atoms with Crippen molar-refractivity contribution in [1.29, 1.82) is 0 Å². The fourth-order valence-electron chi connectivity index (χ4n) is 2.95. The summed E-state index contributed by atoms with van der Waals surface area (Å²) in [7, 11) is 0. The molecule has 1 aromatic carbocycles. The molecule has 0 saturated heterocycles. The van der Waals surface area contributed by atoms with Crippen LogP contribution in [-0.4, -0.2) is 27.6 Å². The topological polar surface area (TPSA) is 82.5 Å². The van der Waals surface area contributed by atoms with Crippen LogP contribution in [0, 0.1) is 20.8 Å². The van der Waals surface area contributed by atoms with E-state index < -0.39 is 39.4 Å². The second-order valence-electron chi connectivity index (χ2n) is 7.69. The van der Waals surface area contributed by atoms with Gasteiger partial charge >= 0.3 is 12.3 Å². The van der Waals surface area contributed by atoms with E-state index in [1.165, 1.54) is 20.8 Å². The summed E-state index contributed by atoms with van der Waals surface area (Å²) in [6, 6.07) is 3.61. The monoisotopic (exact) mass is 429 g/mol. The molecule has 1 heterocycles. The predicted molar refractivity (Wildman–Crippen MR) is 106 cm³/mol. The molecule has 0 spiro atoms. The normalized spacial score (nSPS) is 12.0. The van der Waals surface area contributed by atoms with Crippen molar-refractivity contribution in [3.05, 3.63) is 39.4 Å². The number of nitrogens with one attached hydrogen (secondary N) is 1. The minimum atomic E-state index is -4.92. The second-order valence-corrected chi connectivity index (χ2v) is 8.67. The molecule has 2 amide bonds. The van der Waals surface area contributed by atoms with Crippen molar-refractivity contribution in [1.82, 2.24) is 4.98 Å². The van der Waals surface area contributed by atoms with E-state index in [4.69, 9.17) is 0 Å². The average Bonchev–Trinajstić information content (AvgIpc) is 2.93.